The average molecular weight is 621 g/mol. The van der Waals surface area contributed by atoms with Crippen LogP contribution in [0.4, 0.5) is 0 Å². The van der Waals surface area contributed by atoms with E-state index in [1.165, 1.54) is 133 Å². The van der Waals surface area contributed by atoms with Gasteiger partial charge in [0, 0.05) is 0 Å². The van der Waals surface area contributed by atoms with Crippen LogP contribution in [0.1, 0.15) is 139 Å². The van der Waals surface area contributed by atoms with Crippen molar-refractivity contribution >= 4 is 31.6 Å². The van der Waals surface area contributed by atoms with Crippen molar-refractivity contribution in [1.29, 1.82) is 0 Å². The molecule has 0 unspecified atom stereocenters. The minimum Gasteiger partial charge on any atom is -0.303 e. The first kappa shape index (κ1) is 46.4. The molecule has 3 N–H and O–H groups in total. The van der Waals surface area contributed by atoms with Crippen LogP contribution in [0.25, 0.3) is 0 Å². The molecule has 0 aromatic rings. The SMILES string of the molecule is CCCCCCP(CC)CC.CCCCCCP(CC)CC.CCCCCCP(CC)CC.O=P(O)(O)O. The fraction of sp³-hybridized carbons (Fsp3) is 1.00. The highest BCUT2D eigenvalue weighted by atomic mass is 31.2. The van der Waals surface area contributed by atoms with E-state index in [1.807, 2.05) is 0 Å². The predicted molar refractivity (Wildman–Crippen MR) is 185 cm³/mol. The highest BCUT2D eigenvalue weighted by Crippen LogP contribution is 2.36. The fourth-order valence-corrected chi connectivity index (χ4v) is 9.16. The van der Waals surface area contributed by atoms with Crippen molar-refractivity contribution in [3.05, 3.63) is 0 Å². The van der Waals surface area contributed by atoms with E-state index in [4.69, 9.17) is 19.2 Å². The summed E-state index contributed by atoms with van der Waals surface area (Å²) in [5.74, 6) is 0. The normalized spacial score (nSPS) is 11.0. The van der Waals surface area contributed by atoms with E-state index < -0.39 is 7.82 Å². The van der Waals surface area contributed by atoms with Gasteiger partial charge in [0.05, 0.1) is 0 Å². The second kappa shape index (κ2) is 38.4. The Balaban J connectivity index is -0.000000209. The maximum absolute atomic E-state index is 8.88. The number of unbranched alkanes of at least 4 members (excludes halogenated alkanes) is 9. The average Bonchev–Trinajstić information content (AvgIpc) is 2.89. The van der Waals surface area contributed by atoms with Gasteiger partial charge in [0.15, 0.2) is 0 Å². The lowest BCUT2D eigenvalue weighted by Crippen LogP contribution is -1.90. The lowest BCUT2D eigenvalue weighted by atomic mass is 10.2. The Morgan fingerprint density at radius 1 is 0.395 bits per heavy atom. The lowest BCUT2D eigenvalue weighted by molar-refractivity contribution is 0.275. The summed E-state index contributed by atoms with van der Waals surface area (Å²) in [6, 6.07) is 0. The molecule has 0 aliphatic heterocycles. The van der Waals surface area contributed by atoms with Gasteiger partial charge in [0.2, 0.25) is 0 Å². The first-order valence-corrected chi connectivity index (χ1v) is 23.2. The highest BCUT2D eigenvalue weighted by molar-refractivity contribution is 7.58. The molecule has 0 saturated heterocycles. The van der Waals surface area contributed by atoms with Crippen molar-refractivity contribution in [2.45, 2.75) is 139 Å². The molecule has 0 radical (unpaired) electrons. The van der Waals surface area contributed by atoms with Crippen molar-refractivity contribution in [3.8, 4) is 0 Å². The molecule has 236 valence electrons. The Morgan fingerprint density at radius 3 is 0.711 bits per heavy atom. The largest absolute Gasteiger partial charge is 0.466 e. The van der Waals surface area contributed by atoms with E-state index in [-0.39, 0.29) is 0 Å². The molecule has 0 aromatic carbocycles. The van der Waals surface area contributed by atoms with Crippen LogP contribution in [0, 0.1) is 0 Å². The maximum Gasteiger partial charge on any atom is 0.466 e. The molecule has 0 aliphatic rings. The van der Waals surface area contributed by atoms with Crippen molar-refractivity contribution < 1.29 is 19.2 Å². The first-order valence-electron chi connectivity index (χ1n) is 16.0. The summed E-state index contributed by atoms with van der Waals surface area (Å²) in [7, 11) is -3.36. The van der Waals surface area contributed by atoms with Crippen LogP contribution in [0.15, 0.2) is 0 Å². The second-order valence-corrected chi connectivity index (χ2v) is 20.0. The van der Waals surface area contributed by atoms with Crippen LogP contribution in [-0.4, -0.2) is 70.1 Å². The van der Waals surface area contributed by atoms with E-state index in [0.29, 0.717) is 23.8 Å². The summed E-state index contributed by atoms with van der Waals surface area (Å²) in [6.45, 7) is 20.9. The van der Waals surface area contributed by atoms with E-state index in [9.17, 15) is 0 Å². The van der Waals surface area contributed by atoms with Crippen molar-refractivity contribution in [1.82, 2.24) is 0 Å². The molecule has 0 aliphatic carbocycles. The Hall–Kier alpha value is 1.40. The van der Waals surface area contributed by atoms with Gasteiger partial charge in [-0.05, 0) is 74.7 Å². The van der Waals surface area contributed by atoms with Crippen LogP contribution in [0.2, 0.25) is 0 Å². The minimum absolute atomic E-state index is 0.427. The van der Waals surface area contributed by atoms with E-state index in [0.717, 1.165) is 0 Å². The van der Waals surface area contributed by atoms with Crippen LogP contribution in [-0.2, 0) is 4.57 Å². The van der Waals surface area contributed by atoms with Crippen molar-refractivity contribution in [3.63, 3.8) is 0 Å². The fourth-order valence-electron chi connectivity index (χ4n) is 3.91. The number of hydrogen-bond donors (Lipinski definition) is 3. The Bertz CT molecular complexity index is 382. The van der Waals surface area contributed by atoms with Gasteiger partial charge in [-0.2, -0.15) is 0 Å². The zero-order chi connectivity index (χ0) is 30.1. The van der Waals surface area contributed by atoms with Gasteiger partial charge < -0.3 is 14.7 Å². The van der Waals surface area contributed by atoms with Gasteiger partial charge in [-0.3, -0.25) is 0 Å². The predicted octanol–water partition coefficient (Wildman–Crippen LogP) is 11.3. The Morgan fingerprint density at radius 2 is 0.579 bits per heavy atom. The molecule has 0 bridgehead atoms. The standard InChI is InChI=1S/3C10H23P.H3O4P/c3*1-4-7-8-9-10-11(5-2)6-3;1-5(2,3)4/h3*4-10H2,1-3H3;(H3,1,2,3,4). The van der Waals surface area contributed by atoms with Crippen LogP contribution in [0.3, 0.4) is 0 Å². The van der Waals surface area contributed by atoms with Crippen LogP contribution < -0.4 is 0 Å². The van der Waals surface area contributed by atoms with Gasteiger partial charge in [0.25, 0.3) is 0 Å². The molecule has 0 heterocycles. The maximum atomic E-state index is 8.88. The third kappa shape index (κ3) is 50.3. The van der Waals surface area contributed by atoms with Crippen molar-refractivity contribution in [2.75, 3.05) is 55.5 Å². The summed E-state index contributed by atoms with van der Waals surface area (Å²) in [6.07, 6.45) is 30.5. The zero-order valence-corrected chi connectivity index (χ0v) is 31.0. The first-order chi connectivity index (χ1) is 18.0. The van der Waals surface area contributed by atoms with Crippen LogP contribution >= 0.6 is 31.6 Å². The number of hydrogen-bond acceptors (Lipinski definition) is 1. The Kier molecular flexibility index (Phi) is 46.8. The molecule has 8 heteroatoms. The van der Waals surface area contributed by atoms with E-state index in [1.54, 1.807) is 0 Å². The molecular weight excluding hydrogens is 548 g/mol. The summed E-state index contributed by atoms with van der Waals surface area (Å²) < 4.78 is 8.88. The monoisotopic (exact) mass is 620 g/mol. The Labute approximate surface area is 245 Å². The van der Waals surface area contributed by atoms with Gasteiger partial charge in [-0.1, -0.05) is 120 Å². The van der Waals surface area contributed by atoms with E-state index >= 15 is 0 Å². The minimum atomic E-state index is -4.64. The van der Waals surface area contributed by atoms with Gasteiger partial charge in [-0.25, -0.2) is 4.57 Å². The molecule has 0 saturated carbocycles. The lowest BCUT2D eigenvalue weighted by Gasteiger charge is -2.11. The topological polar surface area (TPSA) is 77.8 Å². The molecule has 38 heavy (non-hydrogen) atoms. The number of rotatable bonds is 21. The molecule has 4 nitrogen and oxygen atoms in total. The molecule has 0 rings (SSSR count). The zero-order valence-electron chi connectivity index (χ0n) is 27.4. The smallest absolute Gasteiger partial charge is 0.303 e. The third-order valence-corrected chi connectivity index (χ3v) is 14.9. The second-order valence-electron chi connectivity index (χ2n) is 9.78. The van der Waals surface area contributed by atoms with Gasteiger partial charge >= 0.3 is 7.82 Å². The van der Waals surface area contributed by atoms with Gasteiger partial charge in [-0.15, -0.1) is 23.8 Å². The van der Waals surface area contributed by atoms with Crippen molar-refractivity contribution in [2.24, 2.45) is 0 Å². The highest BCUT2D eigenvalue weighted by Gasteiger charge is 2.02. The summed E-state index contributed by atoms with van der Waals surface area (Å²) in [4.78, 5) is 21.6. The van der Waals surface area contributed by atoms with Gasteiger partial charge in [0.1, 0.15) is 0 Å². The van der Waals surface area contributed by atoms with Crippen LogP contribution in [0.5, 0.6) is 0 Å². The molecule has 0 amide bonds. The van der Waals surface area contributed by atoms with E-state index in [2.05, 4.69) is 62.3 Å². The molecule has 0 spiro atoms. The summed E-state index contributed by atoms with van der Waals surface area (Å²) >= 11 is 0. The third-order valence-electron chi connectivity index (χ3n) is 6.67. The molecule has 0 atom stereocenters. The molecule has 0 aromatic heterocycles. The molecule has 0 fully saturated rings. The molecular formula is C30H72O4P4. The summed E-state index contributed by atoms with van der Waals surface area (Å²) in [5, 5.41) is 0. The number of phosphoric acid groups is 1. The summed E-state index contributed by atoms with van der Waals surface area (Å²) in [5.41, 5.74) is 0. The quantitative estimate of drug-likeness (QED) is 0.0881.